The number of thiazole rings is 1. The summed E-state index contributed by atoms with van der Waals surface area (Å²) in [5.74, 6) is 0.472. The summed E-state index contributed by atoms with van der Waals surface area (Å²) >= 11 is 3.03. The van der Waals surface area contributed by atoms with Crippen LogP contribution in [0.1, 0.15) is 22.9 Å². The number of thioether (sulfide) groups is 1. The zero-order valence-corrected chi connectivity index (χ0v) is 10.9. The molecule has 0 amide bonds. The lowest BCUT2D eigenvalue weighted by atomic mass is 10.4. The van der Waals surface area contributed by atoms with Crippen molar-refractivity contribution in [1.82, 2.24) is 4.98 Å². The highest BCUT2D eigenvalue weighted by Crippen LogP contribution is 2.27. The van der Waals surface area contributed by atoms with Crippen molar-refractivity contribution in [3.8, 4) is 0 Å². The highest BCUT2D eigenvalue weighted by atomic mass is 32.2. The maximum atomic E-state index is 12.9. The van der Waals surface area contributed by atoms with Gasteiger partial charge in [0.25, 0.3) is 0 Å². The Hall–Kier alpha value is -0.910. The van der Waals surface area contributed by atoms with E-state index in [1.807, 2.05) is 6.07 Å². The Balaban J connectivity index is 1.97. The molecule has 5 heteroatoms. The fourth-order valence-electron chi connectivity index (χ4n) is 1.29. The van der Waals surface area contributed by atoms with Gasteiger partial charge in [-0.05, 0) is 25.1 Å². The second-order valence-corrected chi connectivity index (χ2v) is 5.77. The zero-order chi connectivity index (χ0) is 12.3. The van der Waals surface area contributed by atoms with Gasteiger partial charge in [-0.25, -0.2) is 9.37 Å². The SMILES string of the molecule is CC(O)c1cnc(CSc2cccc(F)c2)s1. The molecule has 0 fully saturated rings. The van der Waals surface area contributed by atoms with E-state index in [0.717, 1.165) is 14.8 Å². The Morgan fingerprint density at radius 3 is 3.00 bits per heavy atom. The molecule has 1 heterocycles. The van der Waals surface area contributed by atoms with Crippen molar-refractivity contribution in [1.29, 1.82) is 0 Å². The first-order valence-electron chi connectivity index (χ1n) is 5.16. The van der Waals surface area contributed by atoms with E-state index in [2.05, 4.69) is 4.98 Å². The number of aromatic nitrogens is 1. The van der Waals surface area contributed by atoms with E-state index >= 15 is 0 Å². The van der Waals surface area contributed by atoms with E-state index < -0.39 is 6.10 Å². The molecule has 1 unspecified atom stereocenters. The number of nitrogens with zero attached hydrogens (tertiary/aromatic N) is 1. The summed E-state index contributed by atoms with van der Waals surface area (Å²) in [5.41, 5.74) is 0. The minimum Gasteiger partial charge on any atom is -0.388 e. The van der Waals surface area contributed by atoms with Crippen LogP contribution in [-0.2, 0) is 5.75 Å². The molecule has 0 aliphatic rings. The van der Waals surface area contributed by atoms with Gasteiger partial charge in [-0.15, -0.1) is 23.1 Å². The van der Waals surface area contributed by atoms with E-state index in [9.17, 15) is 9.50 Å². The molecule has 0 saturated heterocycles. The molecule has 90 valence electrons. The van der Waals surface area contributed by atoms with Gasteiger partial charge in [-0.2, -0.15) is 0 Å². The van der Waals surface area contributed by atoms with Crippen LogP contribution in [0.25, 0.3) is 0 Å². The monoisotopic (exact) mass is 269 g/mol. The van der Waals surface area contributed by atoms with Gasteiger partial charge in [-0.1, -0.05) is 6.07 Å². The molecule has 0 saturated carbocycles. The summed E-state index contributed by atoms with van der Waals surface area (Å²) in [5, 5.41) is 10.3. The third-order valence-electron chi connectivity index (χ3n) is 2.14. The summed E-state index contributed by atoms with van der Waals surface area (Å²) in [4.78, 5) is 5.97. The molecule has 0 aliphatic carbocycles. The molecule has 0 spiro atoms. The fourth-order valence-corrected chi connectivity index (χ4v) is 3.09. The normalized spacial score (nSPS) is 12.6. The molecule has 0 aliphatic heterocycles. The summed E-state index contributed by atoms with van der Waals surface area (Å²) < 4.78 is 12.9. The van der Waals surface area contributed by atoms with E-state index in [4.69, 9.17) is 0 Å². The van der Waals surface area contributed by atoms with Crippen LogP contribution in [0.5, 0.6) is 0 Å². The van der Waals surface area contributed by atoms with Gasteiger partial charge in [0.1, 0.15) is 10.8 Å². The molecule has 1 aromatic carbocycles. The lowest BCUT2D eigenvalue weighted by molar-refractivity contribution is 0.203. The summed E-state index contributed by atoms with van der Waals surface area (Å²) in [6, 6.07) is 6.50. The summed E-state index contributed by atoms with van der Waals surface area (Å²) in [6.07, 6.45) is 1.22. The minimum atomic E-state index is -0.472. The Morgan fingerprint density at radius 1 is 1.53 bits per heavy atom. The van der Waals surface area contributed by atoms with Crippen molar-refractivity contribution < 1.29 is 9.50 Å². The molecular weight excluding hydrogens is 257 g/mol. The van der Waals surface area contributed by atoms with E-state index in [1.54, 1.807) is 19.2 Å². The second-order valence-electron chi connectivity index (χ2n) is 3.58. The summed E-state index contributed by atoms with van der Waals surface area (Å²) in [6.45, 7) is 1.72. The number of hydrogen-bond donors (Lipinski definition) is 1. The van der Waals surface area contributed by atoms with Crippen LogP contribution in [0.4, 0.5) is 4.39 Å². The van der Waals surface area contributed by atoms with Crippen LogP contribution >= 0.6 is 23.1 Å². The number of aliphatic hydroxyl groups is 1. The Bertz CT molecular complexity index is 499. The van der Waals surface area contributed by atoms with Gasteiger partial charge in [0.15, 0.2) is 0 Å². The zero-order valence-electron chi connectivity index (χ0n) is 9.26. The predicted octanol–water partition coefficient (Wildman–Crippen LogP) is 3.63. The van der Waals surface area contributed by atoms with Gasteiger partial charge < -0.3 is 5.11 Å². The molecule has 1 aromatic heterocycles. The average Bonchev–Trinajstić information content (AvgIpc) is 2.75. The third-order valence-corrected chi connectivity index (χ3v) is 4.50. The average molecular weight is 269 g/mol. The Kier molecular flexibility index (Phi) is 4.15. The van der Waals surface area contributed by atoms with Crippen LogP contribution in [0.3, 0.4) is 0 Å². The molecule has 2 nitrogen and oxygen atoms in total. The number of halogens is 1. The van der Waals surface area contributed by atoms with Gasteiger partial charge in [0.2, 0.25) is 0 Å². The lowest BCUT2D eigenvalue weighted by Crippen LogP contribution is -1.83. The van der Waals surface area contributed by atoms with Crippen LogP contribution in [0.2, 0.25) is 0 Å². The fraction of sp³-hybridized carbons (Fsp3) is 0.250. The second kappa shape index (κ2) is 5.62. The smallest absolute Gasteiger partial charge is 0.124 e. The molecule has 2 aromatic rings. The molecule has 2 rings (SSSR count). The molecular formula is C12H12FNOS2. The quantitative estimate of drug-likeness (QED) is 0.860. The third kappa shape index (κ3) is 3.52. The van der Waals surface area contributed by atoms with E-state index in [-0.39, 0.29) is 5.82 Å². The van der Waals surface area contributed by atoms with Gasteiger partial charge in [0.05, 0.1) is 16.7 Å². The Labute approximate surface area is 108 Å². The van der Waals surface area contributed by atoms with Crippen LogP contribution in [0, 0.1) is 5.82 Å². The molecule has 1 N–H and O–H groups in total. The largest absolute Gasteiger partial charge is 0.388 e. The molecule has 17 heavy (non-hydrogen) atoms. The number of hydrogen-bond acceptors (Lipinski definition) is 4. The number of aliphatic hydroxyl groups excluding tert-OH is 1. The highest BCUT2D eigenvalue weighted by molar-refractivity contribution is 7.98. The highest BCUT2D eigenvalue weighted by Gasteiger charge is 2.07. The standard InChI is InChI=1S/C12H12FNOS2/c1-8(15)11-6-14-12(17-11)7-16-10-4-2-3-9(13)5-10/h2-6,8,15H,7H2,1H3. The van der Waals surface area contributed by atoms with Crippen molar-refractivity contribution in [2.24, 2.45) is 0 Å². The topological polar surface area (TPSA) is 33.1 Å². The van der Waals surface area contributed by atoms with Crippen molar-refractivity contribution >= 4 is 23.1 Å². The summed E-state index contributed by atoms with van der Waals surface area (Å²) in [7, 11) is 0. The van der Waals surface area contributed by atoms with Gasteiger partial charge in [-0.3, -0.25) is 0 Å². The van der Waals surface area contributed by atoms with Gasteiger partial charge >= 0.3 is 0 Å². The number of benzene rings is 1. The van der Waals surface area contributed by atoms with Crippen molar-refractivity contribution in [2.45, 2.75) is 23.7 Å². The Morgan fingerprint density at radius 2 is 2.35 bits per heavy atom. The van der Waals surface area contributed by atoms with Crippen LogP contribution in [-0.4, -0.2) is 10.1 Å². The lowest BCUT2D eigenvalue weighted by Gasteiger charge is -1.99. The molecule has 0 bridgehead atoms. The maximum absolute atomic E-state index is 12.9. The van der Waals surface area contributed by atoms with Gasteiger partial charge in [0, 0.05) is 11.1 Å². The van der Waals surface area contributed by atoms with Crippen molar-refractivity contribution in [3.63, 3.8) is 0 Å². The van der Waals surface area contributed by atoms with Crippen LogP contribution in [0.15, 0.2) is 35.4 Å². The first-order valence-corrected chi connectivity index (χ1v) is 6.96. The van der Waals surface area contributed by atoms with E-state index in [1.165, 1.54) is 35.2 Å². The predicted molar refractivity (Wildman–Crippen MR) is 68.7 cm³/mol. The molecule has 1 atom stereocenters. The first-order chi connectivity index (χ1) is 8.15. The minimum absolute atomic E-state index is 0.223. The molecule has 0 radical (unpaired) electrons. The van der Waals surface area contributed by atoms with E-state index in [0.29, 0.717) is 5.75 Å². The van der Waals surface area contributed by atoms with Crippen LogP contribution < -0.4 is 0 Å². The first kappa shape index (κ1) is 12.5. The number of rotatable bonds is 4. The van der Waals surface area contributed by atoms with Crippen molar-refractivity contribution in [3.05, 3.63) is 46.2 Å². The van der Waals surface area contributed by atoms with Crippen molar-refractivity contribution in [2.75, 3.05) is 0 Å². The maximum Gasteiger partial charge on any atom is 0.124 e.